The Morgan fingerprint density at radius 1 is 1.09 bits per heavy atom. The Hall–Kier alpha value is -1.46. The molecule has 2 aromatic carbocycles. The summed E-state index contributed by atoms with van der Waals surface area (Å²) in [5.41, 5.74) is 0.805. The van der Waals surface area contributed by atoms with Crippen LogP contribution in [0.25, 0.3) is 0 Å². The molecule has 0 aliphatic carbocycles. The minimum Gasteiger partial charge on any atom is -0.486 e. The van der Waals surface area contributed by atoms with E-state index in [0.29, 0.717) is 11.1 Å². The van der Waals surface area contributed by atoms with Crippen molar-refractivity contribution in [1.82, 2.24) is 0 Å². The topological polar surface area (TPSA) is 26.3 Å². The van der Waals surface area contributed by atoms with E-state index in [-0.39, 0.29) is 18.1 Å². The molecule has 0 atom stereocenters. The second-order valence-corrected chi connectivity index (χ2v) is 5.98. The Labute approximate surface area is 145 Å². The SMILES string of the molecule is O=C(c1ccc(Br)cc1)c1ccc(OC/C=C/CBr)c(F)c1. The van der Waals surface area contributed by atoms with Gasteiger partial charge in [0, 0.05) is 20.9 Å². The van der Waals surface area contributed by atoms with Gasteiger partial charge in [0.25, 0.3) is 0 Å². The van der Waals surface area contributed by atoms with E-state index < -0.39 is 5.82 Å². The van der Waals surface area contributed by atoms with Gasteiger partial charge in [-0.3, -0.25) is 4.79 Å². The van der Waals surface area contributed by atoms with Crippen LogP contribution < -0.4 is 4.74 Å². The smallest absolute Gasteiger partial charge is 0.193 e. The molecule has 0 aromatic heterocycles. The van der Waals surface area contributed by atoms with Crippen molar-refractivity contribution < 1.29 is 13.9 Å². The van der Waals surface area contributed by atoms with Crippen LogP contribution in [-0.2, 0) is 0 Å². The molecule has 0 saturated carbocycles. The van der Waals surface area contributed by atoms with Crippen LogP contribution in [0.15, 0.2) is 59.1 Å². The summed E-state index contributed by atoms with van der Waals surface area (Å²) in [6.07, 6.45) is 3.65. The molecule has 5 heteroatoms. The van der Waals surface area contributed by atoms with Crippen molar-refractivity contribution in [3.05, 3.63) is 76.0 Å². The maximum absolute atomic E-state index is 14.0. The van der Waals surface area contributed by atoms with Crippen molar-refractivity contribution in [2.45, 2.75) is 0 Å². The number of allylic oxidation sites excluding steroid dienone is 1. The van der Waals surface area contributed by atoms with E-state index in [1.807, 2.05) is 6.08 Å². The van der Waals surface area contributed by atoms with Crippen LogP contribution in [0.4, 0.5) is 4.39 Å². The number of halogens is 3. The summed E-state index contributed by atoms with van der Waals surface area (Å²) >= 11 is 6.56. The van der Waals surface area contributed by atoms with E-state index in [4.69, 9.17) is 4.74 Å². The number of hydrogen-bond donors (Lipinski definition) is 0. The lowest BCUT2D eigenvalue weighted by molar-refractivity contribution is 0.103. The molecule has 0 heterocycles. The van der Waals surface area contributed by atoms with Gasteiger partial charge in [-0.25, -0.2) is 4.39 Å². The maximum atomic E-state index is 14.0. The number of benzene rings is 2. The molecular formula is C17H13Br2FO2. The van der Waals surface area contributed by atoms with Gasteiger partial charge < -0.3 is 4.74 Å². The van der Waals surface area contributed by atoms with Crippen LogP contribution in [-0.4, -0.2) is 17.7 Å². The van der Waals surface area contributed by atoms with Crippen molar-refractivity contribution in [3.63, 3.8) is 0 Å². The third kappa shape index (κ3) is 4.52. The lowest BCUT2D eigenvalue weighted by atomic mass is 10.0. The van der Waals surface area contributed by atoms with Crippen LogP contribution in [0.5, 0.6) is 5.75 Å². The summed E-state index contributed by atoms with van der Waals surface area (Å²) in [6, 6.07) is 11.2. The Kier molecular flexibility index (Phi) is 6.34. The molecule has 0 spiro atoms. The lowest BCUT2D eigenvalue weighted by Gasteiger charge is -2.07. The Bertz CT molecular complexity index is 682. The van der Waals surface area contributed by atoms with E-state index in [0.717, 1.165) is 9.80 Å². The van der Waals surface area contributed by atoms with Gasteiger partial charge in [-0.1, -0.05) is 44.0 Å². The first-order valence-corrected chi connectivity index (χ1v) is 8.47. The predicted octanol–water partition coefficient (Wildman–Crippen LogP) is 5.15. The highest BCUT2D eigenvalue weighted by atomic mass is 79.9. The molecule has 0 amide bonds. The molecule has 0 radical (unpaired) electrons. The molecular weight excluding hydrogens is 415 g/mol. The fourth-order valence-corrected chi connectivity index (χ4v) is 2.32. The van der Waals surface area contributed by atoms with Crippen LogP contribution in [0.1, 0.15) is 15.9 Å². The number of alkyl halides is 1. The number of carbonyl (C=O) groups is 1. The quantitative estimate of drug-likeness (QED) is 0.362. The minimum absolute atomic E-state index is 0.131. The zero-order valence-electron chi connectivity index (χ0n) is 11.6. The normalized spacial score (nSPS) is 10.9. The van der Waals surface area contributed by atoms with Crippen LogP contribution in [0.3, 0.4) is 0 Å². The summed E-state index contributed by atoms with van der Waals surface area (Å²) in [4.78, 5) is 12.3. The first-order valence-electron chi connectivity index (χ1n) is 6.55. The summed E-state index contributed by atoms with van der Waals surface area (Å²) < 4.78 is 20.2. The summed E-state index contributed by atoms with van der Waals surface area (Å²) in [6.45, 7) is 0.280. The molecule has 0 aliphatic heterocycles. The fourth-order valence-electron chi connectivity index (χ4n) is 1.80. The van der Waals surface area contributed by atoms with Gasteiger partial charge >= 0.3 is 0 Å². The summed E-state index contributed by atoms with van der Waals surface area (Å²) in [5, 5.41) is 0.722. The van der Waals surface area contributed by atoms with Gasteiger partial charge in [-0.2, -0.15) is 0 Å². The molecule has 0 aliphatic rings. The molecule has 2 aromatic rings. The average molecular weight is 428 g/mol. The van der Waals surface area contributed by atoms with Crippen molar-refractivity contribution >= 4 is 37.6 Å². The second-order valence-electron chi connectivity index (χ2n) is 4.42. The first kappa shape index (κ1) is 16.9. The number of carbonyl (C=O) groups excluding carboxylic acids is 1. The van der Waals surface area contributed by atoms with E-state index in [2.05, 4.69) is 31.9 Å². The average Bonchev–Trinajstić information content (AvgIpc) is 2.53. The van der Waals surface area contributed by atoms with Gasteiger partial charge in [-0.15, -0.1) is 0 Å². The maximum Gasteiger partial charge on any atom is 0.193 e. The molecule has 2 nitrogen and oxygen atoms in total. The summed E-state index contributed by atoms with van der Waals surface area (Å²) in [5.74, 6) is -0.640. The number of ketones is 1. The molecule has 0 fully saturated rings. The molecule has 22 heavy (non-hydrogen) atoms. The first-order chi connectivity index (χ1) is 10.6. The van der Waals surface area contributed by atoms with Crippen molar-refractivity contribution in [2.75, 3.05) is 11.9 Å². The van der Waals surface area contributed by atoms with Crippen LogP contribution in [0.2, 0.25) is 0 Å². The Morgan fingerprint density at radius 3 is 2.41 bits per heavy atom. The highest BCUT2D eigenvalue weighted by Crippen LogP contribution is 2.21. The number of rotatable bonds is 6. The highest BCUT2D eigenvalue weighted by Gasteiger charge is 2.12. The molecule has 0 bridgehead atoms. The largest absolute Gasteiger partial charge is 0.486 e. The minimum atomic E-state index is -0.546. The van der Waals surface area contributed by atoms with Crippen LogP contribution >= 0.6 is 31.9 Å². The number of hydrogen-bond acceptors (Lipinski definition) is 2. The molecule has 114 valence electrons. The van der Waals surface area contributed by atoms with Gasteiger partial charge in [0.05, 0.1) is 0 Å². The predicted molar refractivity (Wildman–Crippen MR) is 92.4 cm³/mol. The monoisotopic (exact) mass is 426 g/mol. The van der Waals surface area contributed by atoms with E-state index in [1.54, 1.807) is 36.4 Å². The van der Waals surface area contributed by atoms with Crippen molar-refractivity contribution in [3.8, 4) is 5.75 Å². The second kappa shape index (κ2) is 8.25. The van der Waals surface area contributed by atoms with Gasteiger partial charge in [0.15, 0.2) is 17.3 Å². The molecule has 0 unspecified atom stereocenters. The summed E-state index contributed by atoms with van der Waals surface area (Å²) in [7, 11) is 0. The van der Waals surface area contributed by atoms with E-state index in [1.165, 1.54) is 12.1 Å². The zero-order valence-corrected chi connectivity index (χ0v) is 14.7. The van der Waals surface area contributed by atoms with Crippen molar-refractivity contribution in [2.24, 2.45) is 0 Å². The molecule has 2 rings (SSSR count). The fraction of sp³-hybridized carbons (Fsp3) is 0.118. The van der Waals surface area contributed by atoms with Gasteiger partial charge in [0.2, 0.25) is 0 Å². The molecule has 0 N–H and O–H groups in total. The zero-order chi connectivity index (χ0) is 15.9. The van der Waals surface area contributed by atoms with Gasteiger partial charge in [0.1, 0.15) is 6.61 Å². The Balaban J connectivity index is 2.13. The number of ether oxygens (including phenoxy) is 1. The van der Waals surface area contributed by atoms with Crippen molar-refractivity contribution in [1.29, 1.82) is 0 Å². The highest BCUT2D eigenvalue weighted by molar-refractivity contribution is 9.10. The van der Waals surface area contributed by atoms with Gasteiger partial charge in [-0.05, 0) is 42.5 Å². The molecule has 0 saturated heterocycles. The van der Waals surface area contributed by atoms with E-state index in [9.17, 15) is 9.18 Å². The lowest BCUT2D eigenvalue weighted by Crippen LogP contribution is -2.03. The van der Waals surface area contributed by atoms with E-state index >= 15 is 0 Å². The third-order valence-electron chi connectivity index (χ3n) is 2.89. The van der Waals surface area contributed by atoms with Crippen LogP contribution in [0, 0.1) is 5.82 Å². The standard InChI is InChI=1S/C17H13Br2FO2/c18-9-1-2-10-22-16-8-5-13(11-15(16)20)17(21)12-3-6-14(19)7-4-12/h1-8,11H,9-10H2/b2-1+. The third-order valence-corrected chi connectivity index (χ3v) is 3.79. The Morgan fingerprint density at radius 2 is 1.77 bits per heavy atom.